The second kappa shape index (κ2) is 12.3. The Morgan fingerprint density at radius 1 is 0.900 bits per heavy atom. The molecule has 10 nitrogen and oxygen atoms in total. The quantitative estimate of drug-likeness (QED) is 0.178. The van der Waals surface area contributed by atoms with E-state index in [0.29, 0.717) is 37.5 Å². The summed E-state index contributed by atoms with van der Waals surface area (Å²) < 4.78 is 9.09. The summed E-state index contributed by atoms with van der Waals surface area (Å²) in [5, 5.41) is 1.61. The first-order valence-electron chi connectivity index (χ1n) is 7.51. The maximum atomic E-state index is 11.3. The van der Waals surface area contributed by atoms with E-state index < -0.39 is 9.23 Å². The van der Waals surface area contributed by atoms with Crippen molar-refractivity contribution in [3.8, 4) is 0 Å². The van der Waals surface area contributed by atoms with Crippen LogP contribution in [0.4, 0.5) is 0 Å². The Kier molecular flexibility index (Phi) is 10.1. The number of H-pyrrole nitrogens is 1. The van der Waals surface area contributed by atoms with Crippen LogP contribution >= 0.6 is 56.5 Å². The van der Waals surface area contributed by atoms with Crippen LogP contribution in [-0.2, 0) is 9.23 Å². The summed E-state index contributed by atoms with van der Waals surface area (Å²) in [6, 6.07) is 0. The van der Waals surface area contributed by atoms with Crippen molar-refractivity contribution in [2.24, 2.45) is 0 Å². The number of aromatic nitrogens is 8. The molecule has 0 radical (unpaired) electrons. The van der Waals surface area contributed by atoms with Gasteiger partial charge in [-0.3, -0.25) is 4.79 Å². The number of nitrogens with one attached hydrogen (secondary N) is 1. The Balaban J connectivity index is 0.000000182. The second-order valence-electron chi connectivity index (χ2n) is 4.76. The Labute approximate surface area is 194 Å². The fourth-order valence-electron chi connectivity index (χ4n) is 1.85. The molecule has 0 saturated heterocycles. The van der Waals surface area contributed by atoms with E-state index in [0.717, 1.165) is 0 Å². The molecule has 0 atom stereocenters. The van der Waals surface area contributed by atoms with E-state index >= 15 is 0 Å². The van der Waals surface area contributed by atoms with Crippen molar-refractivity contribution in [2.45, 2.75) is 10.3 Å². The van der Waals surface area contributed by atoms with Gasteiger partial charge in [0.1, 0.15) is 22.9 Å². The molecular weight excluding hydrogens is 515 g/mol. The molecule has 4 aromatic heterocycles. The van der Waals surface area contributed by atoms with Gasteiger partial charge in [0, 0.05) is 21.4 Å². The predicted molar refractivity (Wildman–Crippen MR) is 122 cm³/mol. The molecule has 0 aliphatic rings. The van der Waals surface area contributed by atoms with Gasteiger partial charge in [0.05, 0.1) is 18.7 Å². The summed E-state index contributed by atoms with van der Waals surface area (Å²) in [5.41, 5.74) is 1.88. The third kappa shape index (κ3) is 7.25. The molecule has 0 aliphatic heterocycles. The van der Waals surface area contributed by atoms with E-state index in [1.54, 1.807) is 12.4 Å². The van der Waals surface area contributed by atoms with Gasteiger partial charge in [-0.2, -0.15) is 0 Å². The summed E-state index contributed by atoms with van der Waals surface area (Å²) in [7, 11) is 7.36. The van der Waals surface area contributed by atoms with Crippen molar-refractivity contribution in [1.82, 2.24) is 39.9 Å². The minimum Gasteiger partial charge on any atom is -0.311 e. The van der Waals surface area contributed by atoms with Crippen molar-refractivity contribution >= 4 is 87.8 Å². The summed E-state index contributed by atoms with van der Waals surface area (Å²) in [6.07, 6.45) is 9.68. The highest BCUT2D eigenvalue weighted by molar-refractivity contribution is 8.26. The van der Waals surface area contributed by atoms with Crippen LogP contribution in [0, 0.1) is 0 Å². The molecule has 0 fully saturated rings. The summed E-state index contributed by atoms with van der Waals surface area (Å²) in [5.74, 6) is 0. The van der Waals surface area contributed by atoms with Crippen LogP contribution in [0.3, 0.4) is 0 Å². The first-order valence-corrected chi connectivity index (χ1v) is 13.1. The highest BCUT2D eigenvalue weighted by atomic mass is 36.0. The molecule has 30 heavy (non-hydrogen) atoms. The second-order valence-corrected chi connectivity index (χ2v) is 9.19. The molecule has 4 rings (SSSR count). The molecule has 16 heteroatoms. The van der Waals surface area contributed by atoms with E-state index in [2.05, 4.69) is 61.2 Å². The fourth-order valence-corrected chi connectivity index (χ4v) is 2.72. The van der Waals surface area contributed by atoms with Crippen LogP contribution in [-0.4, -0.2) is 56.6 Å². The lowest BCUT2D eigenvalue weighted by Gasteiger charge is -1.98. The number of rotatable bonds is 2. The van der Waals surface area contributed by atoms with Crippen LogP contribution in [0.2, 0.25) is 5.15 Å². The van der Waals surface area contributed by atoms with Crippen LogP contribution < -0.4 is 5.56 Å². The lowest BCUT2D eigenvalue weighted by atomic mass is 10.4. The highest BCUT2D eigenvalue weighted by Crippen LogP contribution is 2.18. The number of hydrogen-bond donors (Lipinski definition) is 1. The topological polar surface area (TPSA) is 140 Å². The average molecular weight is 526 g/mol. The molecule has 0 amide bonds. The van der Waals surface area contributed by atoms with Crippen LogP contribution in [0.5, 0.6) is 0 Å². The molecule has 0 aromatic carbocycles. The summed E-state index contributed by atoms with van der Waals surface area (Å²) >= 11 is 8.68. The van der Waals surface area contributed by atoms with E-state index in [1.165, 1.54) is 36.2 Å². The van der Waals surface area contributed by atoms with E-state index in [-0.39, 0.29) is 5.56 Å². The SMILES string of the molecule is CSc1ncc2nc[nH]c(=O)c2n1.CSc1ncc2ncnc(Cl)c2n1.O=S(Cl)Cl. The highest BCUT2D eigenvalue weighted by Gasteiger charge is 2.04. The predicted octanol–water partition coefficient (Wildman–Crippen LogP) is 3.27. The zero-order valence-corrected chi connectivity index (χ0v) is 19.8. The molecule has 0 unspecified atom stereocenters. The Morgan fingerprint density at radius 2 is 1.43 bits per heavy atom. The van der Waals surface area contributed by atoms with Gasteiger partial charge in [0.2, 0.25) is 9.23 Å². The minimum atomic E-state index is -1.67. The molecule has 0 bridgehead atoms. The van der Waals surface area contributed by atoms with Crippen molar-refractivity contribution < 1.29 is 4.21 Å². The van der Waals surface area contributed by atoms with E-state index in [4.69, 9.17) is 15.8 Å². The van der Waals surface area contributed by atoms with Gasteiger partial charge in [-0.05, 0) is 12.5 Å². The molecule has 0 spiro atoms. The molecule has 0 aliphatic carbocycles. The number of halogens is 3. The van der Waals surface area contributed by atoms with Gasteiger partial charge in [-0.15, -0.1) is 0 Å². The minimum absolute atomic E-state index is 0.234. The number of thioether (sulfide) groups is 2. The van der Waals surface area contributed by atoms with Gasteiger partial charge in [-0.1, -0.05) is 35.1 Å². The zero-order valence-electron chi connectivity index (χ0n) is 15.1. The standard InChI is InChI=1S/C7H5ClN4S.C7H6N4OS.Cl2OS/c1-13-7-9-2-4-5(12-7)6(8)11-3-10-4;1-13-7-8-2-4-5(11-7)6(12)10-3-9-4;1-4(2)3/h2-3H,1H3;2-3H,1H3,(H,9,10,12);. The fraction of sp³-hybridized carbons (Fsp3) is 0.143. The van der Waals surface area contributed by atoms with Crippen molar-refractivity contribution in [2.75, 3.05) is 12.5 Å². The Morgan fingerprint density at radius 3 is 2.00 bits per heavy atom. The first kappa shape index (κ1) is 24.6. The largest absolute Gasteiger partial charge is 0.311 e. The number of aromatic amines is 1. The normalized spacial score (nSPS) is 10.3. The first-order chi connectivity index (χ1) is 14.3. The van der Waals surface area contributed by atoms with Crippen molar-refractivity contribution in [3.05, 3.63) is 40.6 Å². The molecular formula is C14H11Cl3N8O2S3. The molecule has 158 valence electrons. The summed E-state index contributed by atoms with van der Waals surface area (Å²) in [4.78, 5) is 41.8. The zero-order chi connectivity index (χ0) is 22.1. The van der Waals surface area contributed by atoms with Gasteiger partial charge >= 0.3 is 0 Å². The van der Waals surface area contributed by atoms with Crippen molar-refractivity contribution in [3.63, 3.8) is 0 Å². The van der Waals surface area contributed by atoms with Gasteiger partial charge in [0.25, 0.3) is 5.56 Å². The Hall–Kier alpha value is -1.64. The molecule has 0 saturated carbocycles. The number of hydrogen-bond acceptors (Lipinski definition) is 11. The third-order valence-corrected chi connectivity index (χ3v) is 4.44. The number of nitrogens with zero attached hydrogens (tertiary/aromatic N) is 7. The maximum Gasteiger partial charge on any atom is 0.277 e. The van der Waals surface area contributed by atoms with Gasteiger partial charge in [-0.25, -0.2) is 39.1 Å². The lowest BCUT2D eigenvalue weighted by molar-refractivity contribution is 0.698. The molecule has 4 aromatic rings. The van der Waals surface area contributed by atoms with Crippen LogP contribution in [0.15, 0.2) is 40.2 Å². The van der Waals surface area contributed by atoms with Crippen LogP contribution in [0.1, 0.15) is 0 Å². The van der Waals surface area contributed by atoms with Crippen molar-refractivity contribution in [1.29, 1.82) is 0 Å². The molecule has 4 heterocycles. The third-order valence-electron chi connectivity index (χ3n) is 3.04. The molecule has 1 N–H and O–H groups in total. The lowest BCUT2D eigenvalue weighted by Crippen LogP contribution is -2.08. The average Bonchev–Trinajstić information content (AvgIpc) is 2.74. The van der Waals surface area contributed by atoms with Gasteiger partial charge < -0.3 is 4.98 Å². The summed E-state index contributed by atoms with van der Waals surface area (Å²) in [6.45, 7) is 0. The van der Waals surface area contributed by atoms with E-state index in [9.17, 15) is 4.79 Å². The van der Waals surface area contributed by atoms with Crippen LogP contribution in [0.25, 0.3) is 22.1 Å². The maximum absolute atomic E-state index is 11.3. The smallest absolute Gasteiger partial charge is 0.277 e. The monoisotopic (exact) mass is 524 g/mol. The number of fused-ring (bicyclic) bond motifs is 2. The Bertz CT molecular complexity index is 1230. The van der Waals surface area contributed by atoms with E-state index in [1.807, 2.05) is 12.5 Å². The van der Waals surface area contributed by atoms with Gasteiger partial charge in [0.15, 0.2) is 21.0 Å².